The van der Waals surface area contributed by atoms with Gasteiger partial charge in [-0.05, 0) is 30.2 Å². The van der Waals surface area contributed by atoms with Gasteiger partial charge in [0.15, 0.2) is 5.52 Å². The lowest BCUT2D eigenvalue weighted by Crippen LogP contribution is -2.05. The van der Waals surface area contributed by atoms with Gasteiger partial charge < -0.3 is 5.73 Å². The van der Waals surface area contributed by atoms with Crippen LogP contribution in [0, 0.1) is 18.3 Å². The fourth-order valence-electron chi connectivity index (χ4n) is 2.41. The zero-order chi connectivity index (χ0) is 16.6. The van der Waals surface area contributed by atoms with Crippen LogP contribution in [0.15, 0.2) is 16.8 Å². The van der Waals surface area contributed by atoms with Gasteiger partial charge in [-0.1, -0.05) is 6.07 Å². The number of fused-ring (bicyclic) bond motifs is 1. The molecule has 1 atom stereocenters. The van der Waals surface area contributed by atoms with Crippen molar-refractivity contribution in [3.05, 3.63) is 40.3 Å². The number of anilines is 1. The van der Waals surface area contributed by atoms with E-state index in [1.165, 1.54) is 6.92 Å². The van der Waals surface area contributed by atoms with Gasteiger partial charge in [0, 0.05) is 28.9 Å². The zero-order valence-corrected chi connectivity index (χ0v) is 12.5. The van der Waals surface area contributed by atoms with Crippen LogP contribution in [-0.2, 0) is 6.42 Å². The molecule has 0 fully saturated rings. The molecule has 0 aliphatic heterocycles. The van der Waals surface area contributed by atoms with Crippen molar-refractivity contribution in [2.24, 2.45) is 0 Å². The molecule has 0 radical (unpaired) electrons. The van der Waals surface area contributed by atoms with Gasteiger partial charge >= 0.3 is 0 Å². The number of pyridine rings is 2. The molecule has 7 nitrogen and oxygen atoms in total. The first kappa shape index (κ1) is 14.8. The first-order valence-electron chi connectivity index (χ1n) is 6.92. The van der Waals surface area contributed by atoms with Crippen molar-refractivity contribution in [2.45, 2.75) is 26.4 Å². The van der Waals surface area contributed by atoms with Crippen LogP contribution in [-0.4, -0.2) is 20.3 Å². The molecule has 0 saturated carbocycles. The smallest absolute Gasteiger partial charge is 0.226 e. The maximum Gasteiger partial charge on any atom is 0.226 e. The van der Waals surface area contributed by atoms with E-state index in [2.05, 4.69) is 24.9 Å². The Balaban J connectivity index is 2.04. The van der Waals surface area contributed by atoms with Gasteiger partial charge in [-0.15, -0.1) is 0 Å². The molecule has 3 rings (SSSR count). The van der Waals surface area contributed by atoms with E-state index in [0.717, 1.165) is 5.56 Å². The molecule has 0 aromatic carbocycles. The highest BCUT2D eigenvalue weighted by Crippen LogP contribution is 2.26. The Bertz CT molecular complexity index is 928. The normalized spacial score (nSPS) is 12.3. The first-order valence-corrected chi connectivity index (χ1v) is 6.92. The second kappa shape index (κ2) is 5.61. The van der Waals surface area contributed by atoms with Crippen LogP contribution in [0.5, 0.6) is 0 Å². The van der Waals surface area contributed by atoms with Gasteiger partial charge in [0.2, 0.25) is 5.65 Å². The minimum absolute atomic E-state index is 0.0749. The summed E-state index contributed by atoms with van der Waals surface area (Å²) in [5.41, 5.74) is 9.60. The fourth-order valence-corrected chi connectivity index (χ4v) is 2.41. The van der Waals surface area contributed by atoms with Gasteiger partial charge in [-0.3, -0.25) is 0 Å². The maximum absolute atomic E-state index is 13.5. The van der Waals surface area contributed by atoms with Crippen LogP contribution in [0.2, 0.25) is 0 Å². The predicted octanol–water partition coefficient (Wildman–Crippen LogP) is 2.40. The molecular weight excluding hydrogens is 299 g/mol. The minimum Gasteiger partial charge on any atom is -0.396 e. The van der Waals surface area contributed by atoms with Gasteiger partial charge in [-0.25, -0.2) is 19.0 Å². The van der Waals surface area contributed by atoms with Gasteiger partial charge in [0.05, 0.1) is 5.69 Å². The summed E-state index contributed by atoms with van der Waals surface area (Å²) >= 11 is 0. The van der Waals surface area contributed by atoms with Crippen molar-refractivity contribution >= 4 is 16.9 Å². The summed E-state index contributed by atoms with van der Waals surface area (Å²) in [6, 6.07) is 5.17. The Morgan fingerprint density at radius 2 is 2.13 bits per heavy atom. The molecule has 116 valence electrons. The van der Waals surface area contributed by atoms with Crippen molar-refractivity contribution in [3.8, 4) is 6.07 Å². The summed E-state index contributed by atoms with van der Waals surface area (Å²) in [7, 11) is 0. The molecule has 0 bridgehead atoms. The molecule has 0 spiro atoms. The number of alkyl halides is 1. The number of hydrogen-bond acceptors (Lipinski definition) is 7. The number of nitriles is 1. The quantitative estimate of drug-likeness (QED) is 0.789. The van der Waals surface area contributed by atoms with Crippen molar-refractivity contribution < 1.29 is 9.02 Å². The molecule has 3 aromatic heterocycles. The number of nitrogen functional groups attached to an aromatic ring is 1. The van der Waals surface area contributed by atoms with Crippen molar-refractivity contribution in [3.63, 3.8) is 0 Å². The standard InChI is InChI=1S/C15H13FN6O/c1-7(16)10-4-3-9(20-12(10)6-17)5-11-8(2)19-15-14(13(11)18)21-23-22-15/h3-4,7H,5,18H2,1-2H3. The van der Waals surface area contributed by atoms with Gasteiger partial charge in [-0.2, -0.15) is 5.26 Å². The summed E-state index contributed by atoms with van der Waals surface area (Å²) in [5.74, 6) is 0. The zero-order valence-electron chi connectivity index (χ0n) is 12.5. The third-order valence-corrected chi connectivity index (χ3v) is 3.64. The van der Waals surface area contributed by atoms with Crippen LogP contribution in [0.1, 0.15) is 41.3 Å². The highest BCUT2D eigenvalue weighted by Gasteiger charge is 2.17. The number of hydrogen-bond donors (Lipinski definition) is 1. The molecule has 1 unspecified atom stereocenters. The summed E-state index contributed by atoms with van der Waals surface area (Å²) < 4.78 is 18.1. The average molecular weight is 312 g/mol. The number of nitrogens with zero attached hydrogens (tertiary/aromatic N) is 5. The molecule has 0 saturated heterocycles. The lowest BCUT2D eigenvalue weighted by atomic mass is 10.0. The second-order valence-electron chi connectivity index (χ2n) is 5.17. The highest BCUT2D eigenvalue weighted by molar-refractivity contribution is 5.85. The Labute approximate surface area is 130 Å². The summed E-state index contributed by atoms with van der Waals surface area (Å²) in [6.45, 7) is 3.16. The van der Waals surface area contributed by atoms with Crippen LogP contribution in [0.25, 0.3) is 11.2 Å². The number of aromatic nitrogens is 4. The third kappa shape index (κ3) is 2.57. The van der Waals surface area contributed by atoms with Crippen LogP contribution < -0.4 is 5.73 Å². The Morgan fingerprint density at radius 1 is 1.35 bits per heavy atom. The molecule has 8 heteroatoms. The van der Waals surface area contributed by atoms with E-state index >= 15 is 0 Å². The molecule has 0 aliphatic rings. The van der Waals surface area contributed by atoms with Crippen molar-refractivity contribution in [1.82, 2.24) is 20.3 Å². The van der Waals surface area contributed by atoms with Gasteiger partial charge in [0.25, 0.3) is 0 Å². The van der Waals surface area contributed by atoms with E-state index in [9.17, 15) is 4.39 Å². The Kier molecular flexibility index (Phi) is 3.62. The molecular formula is C15H13FN6O. The third-order valence-electron chi connectivity index (χ3n) is 3.64. The minimum atomic E-state index is -1.25. The van der Waals surface area contributed by atoms with E-state index in [4.69, 9.17) is 11.0 Å². The van der Waals surface area contributed by atoms with E-state index in [1.54, 1.807) is 19.1 Å². The number of rotatable bonds is 3. The summed E-state index contributed by atoms with van der Waals surface area (Å²) in [6.07, 6.45) is -0.902. The fraction of sp³-hybridized carbons (Fsp3) is 0.267. The van der Waals surface area contributed by atoms with Crippen LogP contribution in [0.3, 0.4) is 0 Å². The van der Waals surface area contributed by atoms with E-state index in [1.807, 2.05) is 6.07 Å². The maximum atomic E-state index is 13.5. The topological polar surface area (TPSA) is 115 Å². The van der Waals surface area contributed by atoms with E-state index in [-0.39, 0.29) is 11.3 Å². The Hall–Kier alpha value is -3.08. The number of aryl methyl sites for hydroxylation is 1. The monoisotopic (exact) mass is 312 g/mol. The largest absolute Gasteiger partial charge is 0.396 e. The van der Waals surface area contributed by atoms with Gasteiger partial charge in [0.1, 0.15) is 17.9 Å². The number of nitrogens with two attached hydrogens (primary N) is 1. The average Bonchev–Trinajstić information content (AvgIpc) is 2.99. The SMILES string of the molecule is Cc1nc2nonc2c(N)c1Cc1ccc(C(C)F)c(C#N)n1. The molecule has 0 amide bonds. The summed E-state index contributed by atoms with van der Waals surface area (Å²) in [4.78, 5) is 8.49. The Morgan fingerprint density at radius 3 is 2.83 bits per heavy atom. The molecule has 3 heterocycles. The molecule has 3 aromatic rings. The highest BCUT2D eigenvalue weighted by atomic mass is 19.1. The number of halogens is 1. The van der Waals surface area contributed by atoms with Crippen LogP contribution >= 0.6 is 0 Å². The summed E-state index contributed by atoms with van der Waals surface area (Å²) in [5, 5.41) is 16.5. The van der Waals surface area contributed by atoms with E-state index in [0.29, 0.717) is 34.7 Å². The lowest BCUT2D eigenvalue weighted by molar-refractivity contribution is 0.315. The lowest BCUT2D eigenvalue weighted by Gasteiger charge is -2.10. The molecule has 2 N–H and O–H groups in total. The molecule has 0 aliphatic carbocycles. The second-order valence-corrected chi connectivity index (χ2v) is 5.17. The predicted molar refractivity (Wildman–Crippen MR) is 80.0 cm³/mol. The van der Waals surface area contributed by atoms with Crippen molar-refractivity contribution in [1.29, 1.82) is 5.26 Å². The first-order chi connectivity index (χ1) is 11.0. The van der Waals surface area contributed by atoms with Crippen LogP contribution in [0.4, 0.5) is 10.1 Å². The molecule has 23 heavy (non-hydrogen) atoms. The van der Waals surface area contributed by atoms with Crippen molar-refractivity contribution in [2.75, 3.05) is 5.73 Å². The van der Waals surface area contributed by atoms with E-state index < -0.39 is 6.17 Å².